The van der Waals surface area contributed by atoms with Crippen LogP contribution in [0.3, 0.4) is 0 Å². The second kappa shape index (κ2) is 8.55. The number of nitrogens with zero attached hydrogens (tertiary/aromatic N) is 5. The molecule has 1 aromatic heterocycles. The van der Waals surface area contributed by atoms with Crippen LogP contribution in [0, 0.1) is 6.92 Å². The van der Waals surface area contributed by atoms with E-state index in [1.54, 1.807) is 0 Å². The van der Waals surface area contributed by atoms with E-state index in [0.717, 1.165) is 76.6 Å². The Balaban J connectivity index is 1.41. The maximum Gasteiger partial charge on any atom is 0.236 e. The van der Waals surface area contributed by atoms with Gasteiger partial charge in [0.05, 0.1) is 12.2 Å². The van der Waals surface area contributed by atoms with E-state index in [0.29, 0.717) is 18.4 Å². The minimum Gasteiger partial charge on any atom is -0.357 e. The zero-order valence-corrected chi connectivity index (χ0v) is 16.7. The lowest BCUT2D eigenvalue weighted by Crippen LogP contribution is -2.45. The Kier molecular flexibility index (Phi) is 5.91. The number of aromatic nitrogens is 2. The number of carbonyl (C=O) groups excluding carboxylic acids is 1. The molecule has 0 saturated carbocycles. The van der Waals surface area contributed by atoms with Gasteiger partial charge in [0.25, 0.3) is 0 Å². The van der Waals surface area contributed by atoms with Gasteiger partial charge in [-0.15, -0.1) is 0 Å². The summed E-state index contributed by atoms with van der Waals surface area (Å²) in [7, 11) is 0. The van der Waals surface area contributed by atoms with Gasteiger partial charge in [0.1, 0.15) is 11.6 Å². The maximum absolute atomic E-state index is 12.6. The smallest absolute Gasteiger partial charge is 0.236 e. The third-order valence-electron chi connectivity index (χ3n) is 6.27. The summed E-state index contributed by atoms with van der Waals surface area (Å²) in [5, 5.41) is 0. The van der Waals surface area contributed by atoms with Crippen molar-refractivity contribution in [1.82, 2.24) is 19.8 Å². The van der Waals surface area contributed by atoms with Crippen molar-refractivity contribution in [2.75, 3.05) is 50.7 Å². The molecule has 4 rings (SSSR count). The van der Waals surface area contributed by atoms with E-state index in [1.165, 1.54) is 25.0 Å². The molecule has 0 spiro atoms. The molecular weight excluding hydrogens is 338 g/mol. The minimum atomic E-state index is 0.312. The second-order valence-corrected chi connectivity index (χ2v) is 8.41. The number of amides is 1. The van der Waals surface area contributed by atoms with E-state index in [9.17, 15) is 4.79 Å². The SMILES string of the molecule is Cc1nc(C2CCCN(CC(=O)N3CCCCC3)C2)cc(N2CCCC2)n1. The zero-order chi connectivity index (χ0) is 18.6. The quantitative estimate of drug-likeness (QED) is 0.814. The zero-order valence-electron chi connectivity index (χ0n) is 16.7. The lowest BCUT2D eigenvalue weighted by molar-refractivity contribution is -0.133. The highest BCUT2D eigenvalue weighted by Crippen LogP contribution is 2.28. The predicted octanol–water partition coefficient (Wildman–Crippen LogP) is 2.58. The molecule has 0 aliphatic carbocycles. The fraction of sp³-hybridized carbons (Fsp3) is 0.762. The third kappa shape index (κ3) is 4.60. The molecule has 27 heavy (non-hydrogen) atoms. The Labute approximate surface area is 162 Å². The first-order valence-electron chi connectivity index (χ1n) is 10.8. The largest absolute Gasteiger partial charge is 0.357 e. The van der Waals surface area contributed by atoms with Gasteiger partial charge in [0.2, 0.25) is 5.91 Å². The van der Waals surface area contributed by atoms with E-state index in [1.807, 2.05) is 6.92 Å². The molecule has 148 valence electrons. The number of anilines is 1. The Bertz CT molecular complexity index is 652. The van der Waals surface area contributed by atoms with Crippen molar-refractivity contribution in [2.45, 2.75) is 57.8 Å². The highest BCUT2D eigenvalue weighted by atomic mass is 16.2. The van der Waals surface area contributed by atoms with Crippen LogP contribution in [-0.4, -0.2) is 71.5 Å². The lowest BCUT2D eigenvalue weighted by atomic mass is 9.94. The number of rotatable bonds is 4. The predicted molar refractivity (Wildman–Crippen MR) is 107 cm³/mol. The van der Waals surface area contributed by atoms with Crippen LogP contribution in [0.4, 0.5) is 5.82 Å². The standard InChI is InChI=1S/C21H33N5O/c1-17-22-19(14-20(23-17)25-10-5-6-11-25)18-8-7-9-24(15-18)16-21(27)26-12-3-2-4-13-26/h14,18H,2-13,15-16H2,1H3. The summed E-state index contributed by atoms with van der Waals surface area (Å²) in [6.45, 7) is 8.65. The lowest BCUT2D eigenvalue weighted by Gasteiger charge is -2.34. The van der Waals surface area contributed by atoms with Gasteiger partial charge in [0, 0.05) is 44.7 Å². The number of hydrogen-bond acceptors (Lipinski definition) is 5. The van der Waals surface area contributed by atoms with Gasteiger partial charge in [-0.1, -0.05) is 0 Å². The van der Waals surface area contributed by atoms with Gasteiger partial charge >= 0.3 is 0 Å². The molecule has 4 heterocycles. The first-order chi connectivity index (χ1) is 13.2. The van der Waals surface area contributed by atoms with E-state index in [4.69, 9.17) is 4.98 Å². The summed E-state index contributed by atoms with van der Waals surface area (Å²) in [6.07, 6.45) is 8.40. The number of hydrogen-bond donors (Lipinski definition) is 0. The van der Waals surface area contributed by atoms with Crippen LogP contribution in [0.1, 0.15) is 62.4 Å². The second-order valence-electron chi connectivity index (χ2n) is 8.41. The summed E-state index contributed by atoms with van der Waals surface area (Å²) < 4.78 is 0. The van der Waals surface area contributed by atoms with Gasteiger partial charge in [-0.3, -0.25) is 9.69 Å². The van der Waals surface area contributed by atoms with Crippen molar-refractivity contribution in [1.29, 1.82) is 0 Å². The summed E-state index contributed by atoms with van der Waals surface area (Å²) >= 11 is 0. The number of aryl methyl sites for hydroxylation is 1. The van der Waals surface area contributed by atoms with Crippen LogP contribution in [0.25, 0.3) is 0 Å². The molecular formula is C21H33N5O. The van der Waals surface area contributed by atoms with Crippen LogP contribution in [0.5, 0.6) is 0 Å². The molecule has 3 aliphatic heterocycles. The van der Waals surface area contributed by atoms with Crippen LogP contribution < -0.4 is 4.90 Å². The molecule has 6 heteroatoms. The van der Waals surface area contributed by atoms with E-state index in [2.05, 4.69) is 25.8 Å². The number of carbonyl (C=O) groups is 1. The summed E-state index contributed by atoms with van der Waals surface area (Å²) in [5.74, 6) is 2.69. The summed E-state index contributed by atoms with van der Waals surface area (Å²) in [4.78, 5) is 28.9. The summed E-state index contributed by atoms with van der Waals surface area (Å²) in [6, 6.07) is 2.21. The van der Waals surface area contributed by atoms with Crippen molar-refractivity contribution in [3.63, 3.8) is 0 Å². The Hall–Kier alpha value is -1.69. The Morgan fingerprint density at radius 2 is 1.74 bits per heavy atom. The molecule has 0 N–H and O–H groups in total. The molecule has 0 aromatic carbocycles. The Morgan fingerprint density at radius 1 is 1.00 bits per heavy atom. The molecule has 1 atom stereocenters. The minimum absolute atomic E-state index is 0.312. The van der Waals surface area contributed by atoms with Crippen molar-refractivity contribution < 1.29 is 4.79 Å². The van der Waals surface area contributed by atoms with Crippen molar-refractivity contribution >= 4 is 11.7 Å². The monoisotopic (exact) mass is 371 g/mol. The van der Waals surface area contributed by atoms with Gasteiger partial charge in [-0.2, -0.15) is 0 Å². The van der Waals surface area contributed by atoms with Gasteiger partial charge in [0.15, 0.2) is 0 Å². The maximum atomic E-state index is 12.6. The van der Waals surface area contributed by atoms with E-state index >= 15 is 0 Å². The highest BCUT2D eigenvalue weighted by Gasteiger charge is 2.27. The molecule has 3 fully saturated rings. The first-order valence-corrected chi connectivity index (χ1v) is 10.8. The normalized spacial score (nSPS) is 24.4. The fourth-order valence-electron chi connectivity index (χ4n) is 4.77. The fourth-order valence-corrected chi connectivity index (χ4v) is 4.77. The molecule has 0 radical (unpaired) electrons. The van der Waals surface area contributed by atoms with Crippen LogP contribution >= 0.6 is 0 Å². The highest BCUT2D eigenvalue weighted by molar-refractivity contribution is 5.78. The average Bonchev–Trinajstić information content (AvgIpc) is 3.23. The van der Waals surface area contributed by atoms with Crippen molar-refractivity contribution in [3.05, 3.63) is 17.6 Å². The van der Waals surface area contributed by atoms with Crippen LogP contribution in [-0.2, 0) is 4.79 Å². The van der Waals surface area contributed by atoms with Crippen LogP contribution in [0.15, 0.2) is 6.07 Å². The first kappa shape index (κ1) is 18.7. The summed E-state index contributed by atoms with van der Waals surface area (Å²) in [5.41, 5.74) is 1.17. The van der Waals surface area contributed by atoms with E-state index < -0.39 is 0 Å². The molecule has 1 amide bonds. The topological polar surface area (TPSA) is 52.6 Å². The van der Waals surface area contributed by atoms with E-state index in [-0.39, 0.29) is 0 Å². The molecule has 3 aliphatic rings. The Morgan fingerprint density at radius 3 is 2.52 bits per heavy atom. The average molecular weight is 372 g/mol. The number of piperidine rings is 2. The molecule has 1 unspecified atom stereocenters. The third-order valence-corrected chi connectivity index (χ3v) is 6.27. The van der Waals surface area contributed by atoms with Gasteiger partial charge < -0.3 is 9.80 Å². The molecule has 0 bridgehead atoms. The van der Waals surface area contributed by atoms with Crippen LogP contribution in [0.2, 0.25) is 0 Å². The molecule has 6 nitrogen and oxygen atoms in total. The van der Waals surface area contributed by atoms with Gasteiger partial charge in [-0.05, 0) is 58.4 Å². The van der Waals surface area contributed by atoms with Gasteiger partial charge in [-0.25, -0.2) is 9.97 Å². The molecule has 1 aromatic rings. The van der Waals surface area contributed by atoms with Crippen molar-refractivity contribution in [3.8, 4) is 0 Å². The van der Waals surface area contributed by atoms with Crippen molar-refractivity contribution in [2.24, 2.45) is 0 Å². The number of likely N-dealkylation sites (tertiary alicyclic amines) is 2. The molecule has 3 saturated heterocycles.